The third-order valence-corrected chi connectivity index (χ3v) is 6.67. The van der Waals surface area contributed by atoms with Crippen molar-refractivity contribution in [3.8, 4) is 5.75 Å². The van der Waals surface area contributed by atoms with Crippen LogP contribution in [0.1, 0.15) is 15.9 Å². The van der Waals surface area contributed by atoms with E-state index in [9.17, 15) is 26.4 Å². The Kier molecular flexibility index (Phi) is 6.97. The summed E-state index contributed by atoms with van der Waals surface area (Å²) in [4.78, 5) is 14.0. The Labute approximate surface area is 175 Å². The SMILES string of the molecule is CN(Cc1ccc(OC(F)(F)F)cc1)C(=O)c1ccc(Br)c(S(=O)(=O)N(C)C)c1. The van der Waals surface area contributed by atoms with E-state index in [4.69, 9.17) is 0 Å². The van der Waals surface area contributed by atoms with Crippen LogP contribution in [0.15, 0.2) is 51.8 Å². The zero-order valence-electron chi connectivity index (χ0n) is 15.7. The van der Waals surface area contributed by atoms with E-state index in [1.54, 1.807) is 0 Å². The minimum atomic E-state index is -4.78. The molecule has 6 nitrogen and oxygen atoms in total. The molecule has 0 saturated carbocycles. The van der Waals surface area contributed by atoms with Gasteiger partial charge in [-0.1, -0.05) is 12.1 Å². The summed E-state index contributed by atoms with van der Waals surface area (Å²) < 4.78 is 66.6. The van der Waals surface area contributed by atoms with Crippen molar-refractivity contribution < 1.29 is 31.1 Å². The minimum Gasteiger partial charge on any atom is -0.406 e. The summed E-state index contributed by atoms with van der Waals surface area (Å²) in [7, 11) is 0.514. The number of rotatable bonds is 6. The number of amides is 1. The fraction of sp³-hybridized carbons (Fsp3) is 0.278. The second-order valence-corrected chi connectivity index (χ2v) is 9.26. The minimum absolute atomic E-state index is 0.0459. The molecule has 0 atom stereocenters. The topological polar surface area (TPSA) is 66.9 Å². The molecular formula is C18H18BrF3N2O4S. The molecule has 2 aromatic rings. The first-order chi connectivity index (χ1) is 13.3. The van der Waals surface area contributed by atoms with Gasteiger partial charge in [0.25, 0.3) is 5.91 Å². The van der Waals surface area contributed by atoms with Gasteiger partial charge in [-0.05, 0) is 51.8 Å². The summed E-state index contributed by atoms with van der Waals surface area (Å²) in [6.07, 6.45) is -4.78. The van der Waals surface area contributed by atoms with Gasteiger partial charge in [-0.2, -0.15) is 0 Å². The van der Waals surface area contributed by atoms with E-state index in [1.165, 1.54) is 56.4 Å². The maximum absolute atomic E-state index is 12.7. The molecule has 0 aromatic heterocycles. The highest BCUT2D eigenvalue weighted by Crippen LogP contribution is 2.26. The van der Waals surface area contributed by atoms with Gasteiger partial charge in [0.05, 0.1) is 4.90 Å². The highest BCUT2D eigenvalue weighted by atomic mass is 79.9. The summed E-state index contributed by atoms with van der Waals surface area (Å²) in [5.74, 6) is -0.801. The molecule has 158 valence electrons. The number of sulfonamides is 1. The first kappa shape index (κ1) is 23.2. The molecule has 0 aliphatic carbocycles. The molecule has 0 radical (unpaired) electrons. The average molecular weight is 495 g/mol. The Morgan fingerprint density at radius 2 is 1.66 bits per heavy atom. The van der Waals surface area contributed by atoms with E-state index in [0.29, 0.717) is 10.0 Å². The molecule has 2 aromatic carbocycles. The average Bonchev–Trinajstić information content (AvgIpc) is 2.61. The van der Waals surface area contributed by atoms with Gasteiger partial charge in [-0.15, -0.1) is 13.2 Å². The van der Waals surface area contributed by atoms with Crippen LogP contribution in [0.4, 0.5) is 13.2 Å². The third-order valence-electron chi connectivity index (χ3n) is 3.86. The Hall–Kier alpha value is -2.11. The van der Waals surface area contributed by atoms with E-state index in [2.05, 4.69) is 20.7 Å². The fourth-order valence-electron chi connectivity index (χ4n) is 2.39. The van der Waals surface area contributed by atoms with Crippen LogP contribution in [0.2, 0.25) is 0 Å². The monoisotopic (exact) mass is 494 g/mol. The first-order valence-electron chi connectivity index (χ1n) is 8.13. The third kappa shape index (κ3) is 5.94. The van der Waals surface area contributed by atoms with Crippen LogP contribution < -0.4 is 4.74 Å². The largest absolute Gasteiger partial charge is 0.573 e. The van der Waals surface area contributed by atoms with Crippen LogP contribution >= 0.6 is 15.9 Å². The van der Waals surface area contributed by atoms with Gasteiger partial charge in [0, 0.05) is 37.7 Å². The van der Waals surface area contributed by atoms with Crippen LogP contribution in [0.3, 0.4) is 0 Å². The normalized spacial score (nSPS) is 12.1. The number of nitrogens with zero attached hydrogens (tertiary/aromatic N) is 2. The molecule has 1 amide bonds. The number of carbonyl (C=O) groups excluding carboxylic acids is 1. The van der Waals surface area contributed by atoms with Crippen LogP contribution in [-0.4, -0.2) is 51.0 Å². The van der Waals surface area contributed by atoms with Gasteiger partial charge < -0.3 is 9.64 Å². The van der Waals surface area contributed by atoms with Crippen molar-refractivity contribution in [2.24, 2.45) is 0 Å². The molecule has 2 rings (SSSR count). The van der Waals surface area contributed by atoms with Crippen molar-refractivity contribution in [2.75, 3.05) is 21.1 Å². The van der Waals surface area contributed by atoms with Crippen molar-refractivity contribution in [3.05, 3.63) is 58.1 Å². The van der Waals surface area contributed by atoms with Crippen molar-refractivity contribution in [1.82, 2.24) is 9.21 Å². The lowest BCUT2D eigenvalue weighted by Crippen LogP contribution is -2.27. The van der Waals surface area contributed by atoms with Gasteiger partial charge >= 0.3 is 6.36 Å². The highest BCUT2D eigenvalue weighted by molar-refractivity contribution is 9.10. The maximum atomic E-state index is 12.7. The smallest absolute Gasteiger partial charge is 0.406 e. The quantitative estimate of drug-likeness (QED) is 0.611. The number of ether oxygens (including phenoxy) is 1. The van der Waals surface area contributed by atoms with Crippen molar-refractivity contribution in [3.63, 3.8) is 0 Å². The van der Waals surface area contributed by atoms with E-state index in [-0.39, 0.29) is 22.8 Å². The standard InChI is InChI=1S/C18H18BrF3N2O4S/c1-23(2)29(26,27)16-10-13(6-9-15(16)19)17(25)24(3)11-12-4-7-14(8-5-12)28-18(20,21)22/h4-10H,11H2,1-3H3. The lowest BCUT2D eigenvalue weighted by atomic mass is 10.1. The zero-order chi connectivity index (χ0) is 22.0. The highest BCUT2D eigenvalue weighted by Gasteiger charge is 2.31. The number of halogens is 4. The van der Waals surface area contributed by atoms with E-state index in [1.807, 2.05) is 0 Å². The molecule has 0 heterocycles. The number of hydrogen-bond donors (Lipinski definition) is 0. The molecule has 0 fully saturated rings. The van der Waals surface area contributed by atoms with Crippen molar-refractivity contribution in [2.45, 2.75) is 17.8 Å². The first-order valence-corrected chi connectivity index (χ1v) is 10.4. The molecule has 29 heavy (non-hydrogen) atoms. The Morgan fingerprint density at radius 3 is 2.17 bits per heavy atom. The van der Waals surface area contributed by atoms with Crippen LogP contribution in [0.5, 0.6) is 5.75 Å². The summed E-state index contributed by atoms with van der Waals surface area (Å²) in [6.45, 7) is 0.108. The number of alkyl halides is 3. The predicted molar refractivity (Wildman–Crippen MR) is 104 cm³/mol. The van der Waals surface area contributed by atoms with Gasteiger partial charge in [-0.25, -0.2) is 12.7 Å². The van der Waals surface area contributed by atoms with E-state index in [0.717, 1.165) is 16.4 Å². The number of hydrogen-bond acceptors (Lipinski definition) is 4. The molecule has 0 N–H and O–H groups in total. The van der Waals surface area contributed by atoms with Crippen molar-refractivity contribution in [1.29, 1.82) is 0 Å². The summed E-state index contributed by atoms with van der Waals surface area (Å²) in [6, 6.07) is 9.37. The van der Waals surface area contributed by atoms with Crippen LogP contribution in [-0.2, 0) is 16.6 Å². The molecule has 0 aliphatic rings. The van der Waals surface area contributed by atoms with Gasteiger partial charge in [0.1, 0.15) is 5.75 Å². The maximum Gasteiger partial charge on any atom is 0.573 e. The molecule has 0 aliphatic heterocycles. The van der Waals surface area contributed by atoms with Gasteiger partial charge in [0.2, 0.25) is 10.0 Å². The summed E-state index contributed by atoms with van der Waals surface area (Å²) in [5.41, 5.74) is 0.738. The lowest BCUT2D eigenvalue weighted by Gasteiger charge is -2.19. The predicted octanol–water partition coefficient (Wildman–Crippen LogP) is 3.87. The second kappa shape index (κ2) is 8.72. The molecule has 11 heteroatoms. The molecule has 0 bridgehead atoms. The number of benzene rings is 2. The van der Waals surface area contributed by atoms with Crippen LogP contribution in [0.25, 0.3) is 0 Å². The summed E-state index contributed by atoms with van der Waals surface area (Å²) in [5, 5.41) is 0. The molecule has 0 spiro atoms. The molecular weight excluding hydrogens is 477 g/mol. The Balaban J connectivity index is 2.18. The van der Waals surface area contributed by atoms with Gasteiger partial charge in [-0.3, -0.25) is 4.79 Å². The summed E-state index contributed by atoms with van der Waals surface area (Å²) >= 11 is 3.18. The second-order valence-electron chi connectivity index (χ2n) is 6.29. The molecule has 0 saturated heterocycles. The lowest BCUT2D eigenvalue weighted by molar-refractivity contribution is -0.274. The van der Waals surface area contributed by atoms with Crippen molar-refractivity contribution >= 4 is 31.9 Å². The fourth-order valence-corrected chi connectivity index (χ4v) is 4.24. The van der Waals surface area contributed by atoms with E-state index < -0.39 is 22.3 Å². The number of carbonyl (C=O) groups is 1. The zero-order valence-corrected chi connectivity index (χ0v) is 18.1. The van der Waals surface area contributed by atoms with E-state index >= 15 is 0 Å². The Morgan fingerprint density at radius 1 is 1.07 bits per heavy atom. The Bertz CT molecular complexity index is 993. The van der Waals surface area contributed by atoms with Gasteiger partial charge in [0.15, 0.2) is 0 Å². The van der Waals surface area contributed by atoms with Crippen LogP contribution in [0, 0.1) is 0 Å². The molecule has 0 unspecified atom stereocenters.